The van der Waals surface area contributed by atoms with Crippen molar-refractivity contribution in [3.05, 3.63) is 11.8 Å². The molecule has 94 valence electrons. The number of rotatable bonds is 6. The summed E-state index contributed by atoms with van der Waals surface area (Å²) in [5.74, 6) is -0.0913. The van der Waals surface area contributed by atoms with Gasteiger partial charge in [-0.3, -0.25) is 0 Å². The Morgan fingerprint density at radius 3 is 2.44 bits per heavy atom. The molecule has 0 aromatic carbocycles. The summed E-state index contributed by atoms with van der Waals surface area (Å²) in [6.45, 7) is 2.65. The molecule has 0 bridgehead atoms. The van der Waals surface area contributed by atoms with Gasteiger partial charge in [0.05, 0.1) is 12.2 Å². The number of hydrogen-bond donors (Lipinski definition) is 1. The molecule has 0 aliphatic heterocycles. The van der Waals surface area contributed by atoms with Crippen LogP contribution in [0, 0.1) is 0 Å². The van der Waals surface area contributed by atoms with Crippen molar-refractivity contribution in [2.45, 2.75) is 26.9 Å². The predicted molar refractivity (Wildman–Crippen MR) is 66.4 cm³/mol. The molecule has 5 nitrogen and oxygen atoms in total. The lowest BCUT2D eigenvalue weighted by Gasteiger charge is -2.19. The van der Waals surface area contributed by atoms with Crippen LogP contribution in [-0.4, -0.2) is 26.2 Å². The van der Waals surface area contributed by atoms with E-state index < -0.39 is 12.6 Å². The van der Waals surface area contributed by atoms with E-state index in [0.29, 0.717) is 5.76 Å². The van der Waals surface area contributed by atoms with E-state index in [4.69, 9.17) is 25.6 Å². The Balaban J connectivity index is 4.45. The van der Waals surface area contributed by atoms with Gasteiger partial charge in [-0.05, 0) is 39.6 Å². The SMILES string of the molecule is CNP(=S)(OC)OC(C)=CC(=O)OC(C)C. The maximum atomic E-state index is 11.3. The molecule has 1 atom stereocenters. The number of esters is 1. The van der Waals surface area contributed by atoms with Crippen LogP contribution < -0.4 is 5.09 Å². The Kier molecular flexibility index (Phi) is 6.83. The van der Waals surface area contributed by atoms with Crippen LogP contribution in [0.5, 0.6) is 0 Å². The zero-order valence-corrected chi connectivity index (χ0v) is 11.9. The van der Waals surface area contributed by atoms with Crippen molar-refractivity contribution < 1.29 is 18.6 Å². The first-order chi connectivity index (χ1) is 7.33. The van der Waals surface area contributed by atoms with Gasteiger partial charge in [-0.1, -0.05) is 0 Å². The monoisotopic (exact) mass is 267 g/mol. The van der Waals surface area contributed by atoms with Crippen LogP contribution in [0.1, 0.15) is 20.8 Å². The summed E-state index contributed by atoms with van der Waals surface area (Å²) in [6.07, 6.45) is 1.09. The van der Waals surface area contributed by atoms with E-state index in [9.17, 15) is 4.79 Å². The standard InChI is InChI=1S/C9H18NO4PS/c1-7(2)13-9(11)6-8(3)14-15(16,10-4)12-5/h6-7H,1-5H3,(H,10,16). The molecule has 7 heteroatoms. The average Bonchev–Trinajstić information content (AvgIpc) is 2.15. The number of ether oxygens (including phenoxy) is 1. The van der Waals surface area contributed by atoms with E-state index in [1.165, 1.54) is 13.2 Å². The van der Waals surface area contributed by atoms with Crippen molar-refractivity contribution in [2.75, 3.05) is 14.2 Å². The van der Waals surface area contributed by atoms with Gasteiger partial charge in [0, 0.05) is 7.11 Å². The van der Waals surface area contributed by atoms with Gasteiger partial charge in [-0.15, -0.1) is 0 Å². The Morgan fingerprint density at radius 2 is 2.06 bits per heavy atom. The van der Waals surface area contributed by atoms with Crippen LogP contribution in [0.3, 0.4) is 0 Å². The second-order valence-electron chi connectivity index (χ2n) is 3.24. The molecule has 16 heavy (non-hydrogen) atoms. The number of carbonyl (C=O) groups excluding carboxylic acids is 1. The van der Waals surface area contributed by atoms with Gasteiger partial charge in [-0.25, -0.2) is 9.88 Å². The van der Waals surface area contributed by atoms with Crippen LogP contribution in [0.4, 0.5) is 0 Å². The van der Waals surface area contributed by atoms with Gasteiger partial charge < -0.3 is 13.8 Å². The van der Waals surface area contributed by atoms with Gasteiger partial charge in [0.1, 0.15) is 5.76 Å². The lowest BCUT2D eigenvalue weighted by Crippen LogP contribution is -2.11. The Hall–Kier alpha value is -0.420. The Labute approximate surface area is 101 Å². The summed E-state index contributed by atoms with van der Waals surface area (Å²) in [5, 5.41) is 2.76. The van der Waals surface area contributed by atoms with Gasteiger partial charge in [0.15, 0.2) is 0 Å². The highest BCUT2D eigenvalue weighted by Gasteiger charge is 2.16. The smallest absolute Gasteiger partial charge is 0.334 e. The quantitative estimate of drug-likeness (QED) is 0.343. The minimum Gasteiger partial charge on any atom is -0.460 e. The third-order valence-corrected chi connectivity index (χ3v) is 4.23. The topological polar surface area (TPSA) is 56.8 Å². The van der Waals surface area contributed by atoms with E-state index in [-0.39, 0.29) is 6.10 Å². The van der Waals surface area contributed by atoms with Crippen molar-refractivity contribution in [3.8, 4) is 0 Å². The van der Waals surface area contributed by atoms with Crippen molar-refractivity contribution in [1.82, 2.24) is 5.09 Å². The summed E-state index contributed by atoms with van der Waals surface area (Å²) in [7, 11) is 3.10. The van der Waals surface area contributed by atoms with Crippen molar-refractivity contribution in [1.29, 1.82) is 0 Å². The molecule has 0 heterocycles. The van der Waals surface area contributed by atoms with Gasteiger partial charge in [-0.2, -0.15) is 0 Å². The zero-order chi connectivity index (χ0) is 12.8. The molecule has 0 radical (unpaired) electrons. The van der Waals surface area contributed by atoms with Crippen LogP contribution >= 0.6 is 6.64 Å². The van der Waals surface area contributed by atoms with Crippen molar-refractivity contribution in [3.63, 3.8) is 0 Å². The van der Waals surface area contributed by atoms with Crippen LogP contribution in [-0.2, 0) is 30.4 Å². The lowest BCUT2D eigenvalue weighted by atomic mass is 10.4. The van der Waals surface area contributed by atoms with E-state index in [2.05, 4.69) is 5.09 Å². The first-order valence-electron chi connectivity index (χ1n) is 4.76. The molecule has 0 aromatic rings. The van der Waals surface area contributed by atoms with E-state index in [1.807, 2.05) is 0 Å². The first kappa shape index (κ1) is 15.6. The largest absolute Gasteiger partial charge is 0.460 e. The lowest BCUT2D eigenvalue weighted by molar-refractivity contribution is -0.141. The van der Waals surface area contributed by atoms with Gasteiger partial charge in [0.2, 0.25) is 0 Å². The molecule has 0 aromatic heterocycles. The fourth-order valence-corrected chi connectivity index (χ4v) is 1.96. The highest BCUT2D eigenvalue weighted by Crippen LogP contribution is 2.44. The molecule has 0 saturated carbocycles. The molecule has 1 unspecified atom stereocenters. The summed E-state index contributed by atoms with van der Waals surface area (Å²) in [5.41, 5.74) is 0. The summed E-state index contributed by atoms with van der Waals surface area (Å²) < 4.78 is 15.3. The number of nitrogens with one attached hydrogen (secondary N) is 1. The molecule has 1 N–H and O–H groups in total. The van der Waals surface area contributed by atoms with E-state index in [0.717, 1.165) is 0 Å². The Morgan fingerprint density at radius 1 is 1.50 bits per heavy atom. The molecular formula is C9H18NO4PS. The molecule has 0 fully saturated rings. The van der Waals surface area contributed by atoms with Crippen LogP contribution in [0.2, 0.25) is 0 Å². The molecule has 0 aliphatic rings. The fraction of sp³-hybridized carbons (Fsp3) is 0.667. The Bertz CT molecular complexity index is 309. The van der Waals surface area contributed by atoms with Gasteiger partial charge >= 0.3 is 12.6 Å². The fourth-order valence-electron chi connectivity index (χ4n) is 0.822. The second-order valence-corrected chi connectivity index (χ2v) is 6.67. The maximum Gasteiger partial charge on any atom is 0.334 e. The molecular weight excluding hydrogens is 249 g/mol. The average molecular weight is 267 g/mol. The number of carbonyl (C=O) groups is 1. The van der Waals surface area contributed by atoms with E-state index >= 15 is 0 Å². The molecule has 0 amide bonds. The molecule has 0 rings (SSSR count). The summed E-state index contributed by atoms with van der Waals surface area (Å²) in [4.78, 5) is 11.3. The third kappa shape index (κ3) is 6.23. The third-order valence-electron chi connectivity index (χ3n) is 1.45. The van der Waals surface area contributed by atoms with Gasteiger partial charge in [0.25, 0.3) is 0 Å². The minimum atomic E-state index is -2.52. The second kappa shape index (κ2) is 7.01. The first-order valence-corrected chi connectivity index (χ1v) is 7.40. The van der Waals surface area contributed by atoms with E-state index in [1.54, 1.807) is 27.8 Å². The highest BCUT2D eigenvalue weighted by molar-refractivity contribution is 8.09. The predicted octanol–water partition coefficient (Wildman–Crippen LogP) is 1.95. The van der Waals surface area contributed by atoms with Crippen LogP contribution in [0.15, 0.2) is 11.8 Å². The number of hydrogen-bond acceptors (Lipinski definition) is 5. The van der Waals surface area contributed by atoms with Crippen molar-refractivity contribution in [2.24, 2.45) is 0 Å². The zero-order valence-electron chi connectivity index (χ0n) is 10.1. The normalized spacial score (nSPS) is 15.8. The van der Waals surface area contributed by atoms with Crippen LogP contribution in [0.25, 0.3) is 0 Å². The molecule has 0 aliphatic carbocycles. The molecule has 0 saturated heterocycles. The summed E-state index contributed by atoms with van der Waals surface area (Å²) in [6, 6.07) is 0. The maximum absolute atomic E-state index is 11.3. The minimum absolute atomic E-state index is 0.161. The molecule has 0 spiro atoms. The van der Waals surface area contributed by atoms with Crippen molar-refractivity contribution >= 4 is 24.4 Å². The number of allylic oxidation sites excluding steroid dienone is 1. The summed E-state index contributed by atoms with van der Waals surface area (Å²) >= 11 is 5.08. The highest BCUT2D eigenvalue weighted by atomic mass is 32.5.